The van der Waals surface area contributed by atoms with Crippen LogP contribution in [0.3, 0.4) is 0 Å². The minimum Gasteiger partial charge on any atom is -0.508 e. The van der Waals surface area contributed by atoms with E-state index in [1.165, 1.54) is 0 Å². The second kappa shape index (κ2) is 7.41. The lowest BCUT2D eigenvalue weighted by molar-refractivity contribution is 0.295. The average molecular weight is 374 g/mol. The minimum atomic E-state index is -3.39. The van der Waals surface area contributed by atoms with Crippen molar-refractivity contribution in [1.29, 1.82) is 0 Å². The predicted molar refractivity (Wildman–Crippen MR) is 104 cm³/mol. The van der Waals surface area contributed by atoms with Crippen molar-refractivity contribution >= 4 is 9.84 Å². The topological polar surface area (TPSA) is 66.4 Å². The zero-order valence-corrected chi connectivity index (χ0v) is 16.2. The molecule has 0 saturated heterocycles. The van der Waals surface area contributed by atoms with E-state index in [2.05, 4.69) is 19.2 Å². The van der Waals surface area contributed by atoms with Gasteiger partial charge in [-0.1, -0.05) is 57.0 Å². The normalized spacial score (nSPS) is 24.6. The van der Waals surface area contributed by atoms with E-state index < -0.39 is 15.4 Å². The zero-order chi connectivity index (χ0) is 18.8. The maximum atomic E-state index is 13.2. The van der Waals surface area contributed by atoms with E-state index in [0.717, 1.165) is 36.8 Å². The Kier molecular flexibility index (Phi) is 5.39. The molecule has 2 aromatic carbocycles. The Balaban J connectivity index is 2.17. The molecule has 0 saturated carbocycles. The first-order valence-electron chi connectivity index (χ1n) is 9.29. The number of phenolic OH excluding ortho intramolecular Hbond substituents is 1. The standard InChI is InChI=1S/C21H27NO3S/c1-3-5-14-21(4-2)15-26(24,25)19-9-7-6-8-18(19)20(22-21)16-10-12-17(23)13-11-16/h6-13,20,22-23H,3-5,14-15H2,1-2H3/t20-,21+/m0/s1. The molecule has 0 bridgehead atoms. The summed E-state index contributed by atoms with van der Waals surface area (Å²) in [6.45, 7) is 4.18. The molecule has 0 unspecified atom stereocenters. The highest BCUT2D eigenvalue weighted by molar-refractivity contribution is 7.91. The van der Waals surface area contributed by atoms with Gasteiger partial charge in [0, 0.05) is 5.54 Å². The molecule has 0 spiro atoms. The van der Waals surface area contributed by atoms with Crippen molar-refractivity contribution in [3.8, 4) is 5.75 Å². The third-order valence-corrected chi connectivity index (χ3v) is 7.37. The van der Waals surface area contributed by atoms with Gasteiger partial charge in [0.15, 0.2) is 9.84 Å². The third-order valence-electron chi connectivity index (χ3n) is 5.39. The summed E-state index contributed by atoms with van der Waals surface area (Å²) in [5.74, 6) is 0.318. The van der Waals surface area contributed by atoms with Gasteiger partial charge >= 0.3 is 0 Å². The second-order valence-electron chi connectivity index (χ2n) is 7.20. The Morgan fingerprint density at radius 2 is 1.81 bits per heavy atom. The fourth-order valence-corrected chi connectivity index (χ4v) is 5.99. The van der Waals surface area contributed by atoms with E-state index >= 15 is 0 Å². The number of hydrogen-bond donors (Lipinski definition) is 2. The Morgan fingerprint density at radius 3 is 2.46 bits per heavy atom. The van der Waals surface area contributed by atoms with Gasteiger partial charge in [0.25, 0.3) is 0 Å². The first kappa shape index (κ1) is 18.9. The molecule has 1 aliphatic rings. The van der Waals surface area contributed by atoms with Gasteiger partial charge in [0.2, 0.25) is 0 Å². The fraction of sp³-hybridized carbons (Fsp3) is 0.429. The van der Waals surface area contributed by atoms with Crippen molar-refractivity contribution in [1.82, 2.24) is 5.32 Å². The summed E-state index contributed by atoms with van der Waals surface area (Å²) >= 11 is 0. The van der Waals surface area contributed by atoms with E-state index in [9.17, 15) is 13.5 Å². The lowest BCUT2D eigenvalue weighted by Crippen LogP contribution is -2.50. The summed E-state index contributed by atoms with van der Waals surface area (Å²) in [5.41, 5.74) is 1.28. The molecule has 4 nitrogen and oxygen atoms in total. The number of sulfone groups is 1. The molecule has 140 valence electrons. The Labute approximate surface area is 156 Å². The lowest BCUT2D eigenvalue weighted by atomic mass is 9.88. The Morgan fingerprint density at radius 1 is 1.12 bits per heavy atom. The summed E-state index contributed by atoms with van der Waals surface area (Å²) in [5, 5.41) is 13.3. The van der Waals surface area contributed by atoms with E-state index in [0.29, 0.717) is 4.90 Å². The summed E-state index contributed by atoms with van der Waals surface area (Å²) in [6.07, 6.45) is 3.58. The van der Waals surface area contributed by atoms with Gasteiger partial charge in [0.1, 0.15) is 5.75 Å². The van der Waals surface area contributed by atoms with Crippen molar-refractivity contribution in [2.24, 2.45) is 0 Å². The SMILES string of the molecule is CCCC[C@]1(CC)CS(=O)(=O)c2ccccc2[C@H](c2ccc(O)cc2)N1. The summed E-state index contributed by atoms with van der Waals surface area (Å²) in [7, 11) is -3.39. The van der Waals surface area contributed by atoms with Crippen molar-refractivity contribution in [2.45, 2.75) is 56.0 Å². The predicted octanol–water partition coefficient (Wildman–Crippen LogP) is 4.20. The molecule has 26 heavy (non-hydrogen) atoms. The van der Waals surface area contributed by atoms with E-state index in [1.807, 2.05) is 24.3 Å². The fourth-order valence-electron chi connectivity index (χ4n) is 3.84. The van der Waals surface area contributed by atoms with Crippen LogP contribution in [-0.2, 0) is 9.84 Å². The minimum absolute atomic E-state index is 0.113. The average Bonchev–Trinajstić information content (AvgIpc) is 2.74. The maximum absolute atomic E-state index is 13.2. The number of nitrogens with one attached hydrogen (secondary N) is 1. The highest BCUT2D eigenvalue weighted by atomic mass is 32.2. The number of aromatic hydroxyl groups is 1. The first-order chi connectivity index (χ1) is 12.4. The largest absolute Gasteiger partial charge is 0.508 e. The first-order valence-corrected chi connectivity index (χ1v) is 10.9. The van der Waals surface area contributed by atoms with Gasteiger partial charge < -0.3 is 5.11 Å². The molecule has 3 rings (SSSR count). The molecule has 0 aliphatic carbocycles. The van der Waals surface area contributed by atoms with E-state index in [1.54, 1.807) is 24.3 Å². The van der Waals surface area contributed by atoms with Crippen molar-refractivity contribution in [2.75, 3.05) is 5.75 Å². The van der Waals surface area contributed by atoms with Crippen LogP contribution in [0.15, 0.2) is 53.4 Å². The van der Waals surface area contributed by atoms with E-state index in [-0.39, 0.29) is 17.5 Å². The molecule has 0 fully saturated rings. The number of fused-ring (bicyclic) bond motifs is 1. The van der Waals surface area contributed by atoms with Crippen LogP contribution >= 0.6 is 0 Å². The number of benzene rings is 2. The van der Waals surface area contributed by atoms with Gasteiger partial charge in [-0.2, -0.15) is 0 Å². The van der Waals surface area contributed by atoms with Crippen LogP contribution in [0.25, 0.3) is 0 Å². The summed E-state index contributed by atoms with van der Waals surface area (Å²) < 4.78 is 26.4. The smallest absolute Gasteiger partial charge is 0.180 e. The molecular formula is C21H27NO3S. The van der Waals surface area contributed by atoms with Gasteiger partial charge in [-0.15, -0.1) is 0 Å². The van der Waals surface area contributed by atoms with Gasteiger partial charge in [-0.05, 0) is 42.2 Å². The number of hydrogen-bond acceptors (Lipinski definition) is 4. The van der Waals surface area contributed by atoms with Crippen molar-refractivity contribution in [3.63, 3.8) is 0 Å². The van der Waals surface area contributed by atoms with Crippen molar-refractivity contribution < 1.29 is 13.5 Å². The van der Waals surface area contributed by atoms with Crippen LogP contribution in [0.5, 0.6) is 5.75 Å². The molecule has 2 aromatic rings. The molecule has 1 aliphatic heterocycles. The lowest BCUT2D eigenvalue weighted by Gasteiger charge is -2.35. The van der Waals surface area contributed by atoms with Gasteiger partial charge in [-0.25, -0.2) is 8.42 Å². The van der Waals surface area contributed by atoms with Crippen LogP contribution in [0.2, 0.25) is 0 Å². The molecule has 2 atom stereocenters. The second-order valence-corrected chi connectivity index (χ2v) is 9.16. The Bertz CT molecular complexity index is 861. The summed E-state index contributed by atoms with van der Waals surface area (Å²) in [6, 6.07) is 14.1. The van der Waals surface area contributed by atoms with Crippen LogP contribution in [-0.4, -0.2) is 24.8 Å². The molecule has 0 amide bonds. The zero-order valence-electron chi connectivity index (χ0n) is 15.4. The molecule has 5 heteroatoms. The quantitative estimate of drug-likeness (QED) is 0.824. The van der Waals surface area contributed by atoms with Crippen molar-refractivity contribution in [3.05, 3.63) is 59.7 Å². The van der Waals surface area contributed by atoms with Gasteiger partial charge in [0.05, 0.1) is 16.7 Å². The molecule has 2 N–H and O–H groups in total. The number of unbranched alkanes of at least 4 members (excludes halogenated alkanes) is 1. The Hall–Kier alpha value is -1.85. The number of rotatable bonds is 5. The molecular weight excluding hydrogens is 346 g/mol. The van der Waals surface area contributed by atoms with Gasteiger partial charge in [-0.3, -0.25) is 5.32 Å². The maximum Gasteiger partial charge on any atom is 0.180 e. The van der Waals surface area contributed by atoms with Crippen LogP contribution in [0, 0.1) is 0 Å². The van der Waals surface area contributed by atoms with Crippen LogP contribution in [0.1, 0.15) is 56.7 Å². The highest BCUT2D eigenvalue weighted by Gasteiger charge is 2.41. The summed E-state index contributed by atoms with van der Waals surface area (Å²) in [4.78, 5) is 0.414. The molecule has 0 aromatic heterocycles. The van der Waals surface area contributed by atoms with Crippen LogP contribution < -0.4 is 5.32 Å². The third kappa shape index (κ3) is 3.64. The monoisotopic (exact) mass is 373 g/mol. The van der Waals surface area contributed by atoms with Crippen LogP contribution in [0.4, 0.5) is 0 Å². The van der Waals surface area contributed by atoms with E-state index in [4.69, 9.17) is 0 Å². The number of phenols is 1. The molecule has 1 heterocycles. The highest BCUT2D eigenvalue weighted by Crippen LogP contribution is 2.38. The molecule has 0 radical (unpaired) electrons.